The number of benzene rings is 1. The Bertz CT molecular complexity index is 1190. The van der Waals surface area contributed by atoms with Crippen molar-refractivity contribution in [3.05, 3.63) is 84.4 Å². The van der Waals surface area contributed by atoms with E-state index in [2.05, 4.69) is 5.32 Å². The van der Waals surface area contributed by atoms with Crippen molar-refractivity contribution in [2.75, 3.05) is 0 Å². The van der Waals surface area contributed by atoms with Gasteiger partial charge in [-0.25, -0.2) is 4.79 Å². The number of rotatable bonds is 5. The molecule has 1 aromatic carbocycles. The molecular formula is C25H26N2O5S. The number of carbonyl (C=O) groups is 2. The van der Waals surface area contributed by atoms with Crippen molar-refractivity contribution in [3.8, 4) is 0 Å². The summed E-state index contributed by atoms with van der Waals surface area (Å²) < 4.78 is 5.51. The highest BCUT2D eigenvalue weighted by Gasteiger charge is 2.42. The summed E-state index contributed by atoms with van der Waals surface area (Å²) >= 11 is 1.62. The second-order valence-electron chi connectivity index (χ2n) is 8.79. The molecule has 2 heterocycles. The molecule has 2 atom stereocenters. The molecule has 0 saturated heterocycles. The van der Waals surface area contributed by atoms with Gasteiger partial charge in [-0.2, -0.15) is 0 Å². The first-order chi connectivity index (χ1) is 15.7. The van der Waals surface area contributed by atoms with Gasteiger partial charge in [-0.3, -0.25) is 14.9 Å². The van der Waals surface area contributed by atoms with Crippen LogP contribution in [0, 0.1) is 17.0 Å². The lowest BCUT2D eigenvalue weighted by Gasteiger charge is -2.36. The molecule has 4 rings (SSSR count). The lowest BCUT2D eigenvalue weighted by molar-refractivity contribution is -0.385. The first-order valence-electron chi connectivity index (χ1n) is 10.9. The molecular weight excluding hydrogens is 440 g/mol. The van der Waals surface area contributed by atoms with Crippen LogP contribution in [-0.4, -0.2) is 22.8 Å². The van der Waals surface area contributed by atoms with Crippen LogP contribution >= 0.6 is 11.3 Å². The number of ketones is 1. The van der Waals surface area contributed by atoms with Crippen LogP contribution in [0.3, 0.4) is 0 Å². The summed E-state index contributed by atoms with van der Waals surface area (Å²) in [6, 6.07) is 8.91. The van der Waals surface area contributed by atoms with Crippen molar-refractivity contribution in [1.29, 1.82) is 0 Å². The SMILES string of the molecule is CC1=C(C(=O)OC(C)C)C(c2ccc(C)c([N+](=O)[O-])c2)C2=C(CC(c3cccs3)CC2=O)N1. The Kier molecular flexibility index (Phi) is 6.21. The minimum atomic E-state index is -0.719. The summed E-state index contributed by atoms with van der Waals surface area (Å²) in [6.07, 6.45) is 0.624. The molecule has 1 aliphatic heterocycles. The first kappa shape index (κ1) is 22.9. The number of nitro groups is 1. The van der Waals surface area contributed by atoms with Gasteiger partial charge in [0.15, 0.2) is 5.78 Å². The number of allylic oxidation sites excluding steroid dienone is 3. The molecule has 1 aromatic heterocycles. The number of ether oxygens (including phenoxy) is 1. The third-order valence-electron chi connectivity index (χ3n) is 6.10. The van der Waals surface area contributed by atoms with Crippen LogP contribution in [-0.2, 0) is 14.3 Å². The molecule has 0 amide bonds. The zero-order valence-corrected chi connectivity index (χ0v) is 19.8. The lowest BCUT2D eigenvalue weighted by Crippen LogP contribution is -2.36. The highest BCUT2D eigenvalue weighted by atomic mass is 32.1. The second kappa shape index (κ2) is 8.94. The van der Waals surface area contributed by atoms with Crippen LogP contribution < -0.4 is 5.32 Å². The van der Waals surface area contributed by atoms with E-state index in [1.165, 1.54) is 6.07 Å². The van der Waals surface area contributed by atoms with Gasteiger partial charge in [0.05, 0.1) is 16.6 Å². The van der Waals surface area contributed by atoms with E-state index in [9.17, 15) is 19.7 Å². The molecule has 7 nitrogen and oxygen atoms in total. The van der Waals surface area contributed by atoms with Crippen molar-refractivity contribution in [3.63, 3.8) is 0 Å². The van der Waals surface area contributed by atoms with Crippen molar-refractivity contribution < 1.29 is 19.2 Å². The number of hydrogen-bond acceptors (Lipinski definition) is 7. The van der Waals surface area contributed by atoms with Crippen molar-refractivity contribution in [2.24, 2.45) is 0 Å². The Morgan fingerprint density at radius 2 is 2.00 bits per heavy atom. The molecule has 0 bridgehead atoms. The highest BCUT2D eigenvalue weighted by molar-refractivity contribution is 7.10. The average Bonchev–Trinajstić information content (AvgIpc) is 3.27. The van der Waals surface area contributed by atoms with Crippen molar-refractivity contribution in [2.45, 2.75) is 58.5 Å². The van der Waals surface area contributed by atoms with Gasteiger partial charge in [0.25, 0.3) is 5.69 Å². The van der Waals surface area contributed by atoms with Crippen LogP contribution in [0.4, 0.5) is 5.69 Å². The van der Waals surface area contributed by atoms with Gasteiger partial charge in [0.2, 0.25) is 0 Å². The summed E-state index contributed by atoms with van der Waals surface area (Å²) in [6.45, 7) is 6.98. The minimum Gasteiger partial charge on any atom is -0.460 e. The van der Waals surface area contributed by atoms with E-state index in [4.69, 9.17) is 4.74 Å². The maximum Gasteiger partial charge on any atom is 0.337 e. The third-order valence-corrected chi connectivity index (χ3v) is 7.13. The monoisotopic (exact) mass is 466 g/mol. The number of aryl methyl sites for hydroxylation is 1. The second-order valence-corrected chi connectivity index (χ2v) is 9.77. The van der Waals surface area contributed by atoms with Crippen LogP contribution in [0.2, 0.25) is 0 Å². The fourth-order valence-corrected chi connectivity index (χ4v) is 5.48. The number of carbonyl (C=O) groups excluding carboxylic acids is 2. The van der Waals surface area contributed by atoms with Gasteiger partial charge in [-0.15, -0.1) is 11.3 Å². The number of nitrogens with zero attached hydrogens (tertiary/aromatic N) is 1. The maximum atomic E-state index is 13.5. The fourth-order valence-electron chi connectivity index (χ4n) is 4.65. The predicted molar refractivity (Wildman–Crippen MR) is 126 cm³/mol. The van der Waals surface area contributed by atoms with Crippen LogP contribution in [0.5, 0.6) is 0 Å². The summed E-state index contributed by atoms with van der Waals surface area (Å²) in [5.74, 6) is -1.24. The molecule has 0 spiro atoms. The van der Waals surface area contributed by atoms with E-state index in [0.29, 0.717) is 40.8 Å². The van der Waals surface area contributed by atoms with Crippen LogP contribution in [0.25, 0.3) is 0 Å². The van der Waals surface area contributed by atoms with Crippen molar-refractivity contribution in [1.82, 2.24) is 5.32 Å². The summed E-state index contributed by atoms with van der Waals surface area (Å²) in [5.41, 5.74) is 3.22. The molecule has 2 unspecified atom stereocenters. The van der Waals surface area contributed by atoms with Gasteiger partial charge in [0, 0.05) is 51.7 Å². The van der Waals surface area contributed by atoms with E-state index in [0.717, 1.165) is 10.6 Å². The molecule has 33 heavy (non-hydrogen) atoms. The fraction of sp³-hybridized carbons (Fsp3) is 0.360. The quantitative estimate of drug-likeness (QED) is 0.366. The lowest BCUT2D eigenvalue weighted by atomic mass is 9.72. The van der Waals surface area contributed by atoms with Gasteiger partial charge in [-0.1, -0.05) is 18.2 Å². The summed E-state index contributed by atoms with van der Waals surface area (Å²) in [7, 11) is 0. The molecule has 0 fully saturated rings. The average molecular weight is 467 g/mol. The van der Waals surface area contributed by atoms with Gasteiger partial charge >= 0.3 is 5.97 Å². The van der Waals surface area contributed by atoms with Crippen molar-refractivity contribution >= 4 is 28.8 Å². The number of nitrogens with one attached hydrogen (secondary N) is 1. The molecule has 172 valence electrons. The Morgan fingerprint density at radius 1 is 1.24 bits per heavy atom. The normalized spacial score (nSPS) is 20.6. The Labute approximate surface area is 196 Å². The zero-order chi connectivity index (χ0) is 23.9. The molecule has 0 radical (unpaired) electrons. The smallest absolute Gasteiger partial charge is 0.337 e. The first-order valence-corrected chi connectivity index (χ1v) is 11.8. The van der Waals surface area contributed by atoms with Crippen LogP contribution in [0.15, 0.2) is 58.3 Å². The van der Waals surface area contributed by atoms with E-state index in [1.807, 2.05) is 17.5 Å². The Hall–Kier alpha value is -3.26. The number of Topliss-reactive ketones (excluding diaryl/α,β-unsaturated/α-hetero) is 1. The molecule has 2 aromatic rings. The maximum absolute atomic E-state index is 13.5. The molecule has 8 heteroatoms. The standard InChI is InChI=1S/C25H26N2O5S/c1-13(2)32-25(29)22-15(4)26-18-10-17(21-6-5-9-33-21)12-20(28)24(18)23(22)16-8-7-14(3)19(11-16)27(30)31/h5-9,11,13,17,23,26H,10,12H2,1-4H3. The van der Waals surface area contributed by atoms with E-state index >= 15 is 0 Å². The zero-order valence-electron chi connectivity index (χ0n) is 19.0. The Balaban J connectivity index is 1.86. The van der Waals surface area contributed by atoms with E-state index in [1.54, 1.807) is 51.2 Å². The van der Waals surface area contributed by atoms with Gasteiger partial charge in [-0.05, 0) is 51.1 Å². The molecule has 0 saturated carbocycles. The topological polar surface area (TPSA) is 98.5 Å². The van der Waals surface area contributed by atoms with Gasteiger partial charge in [0.1, 0.15) is 0 Å². The third kappa shape index (κ3) is 4.35. The largest absolute Gasteiger partial charge is 0.460 e. The summed E-state index contributed by atoms with van der Waals surface area (Å²) in [5, 5.41) is 16.9. The number of esters is 1. The number of dihydropyridines is 1. The molecule has 1 N–H and O–H groups in total. The Morgan fingerprint density at radius 3 is 2.64 bits per heavy atom. The predicted octanol–water partition coefficient (Wildman–Crippen LogP) is 5.28. The van der Waals surface area contributed by atoms with Crippen LogP contribution in [0.1, 0.15) is 61.5 Å². The summed E-state index contributed by atoms with van der Waals surface area (Å²) in [4.78, 5) is 39.0. The van der Waals surface area contributed by atoms with Gasteiger partial charge < -0.3 is 10.1 Å². The number of nitro benzene ring substituents is 1. The highest BCUT2D eigenvalue weighted by Crippen LogP contribution is 2.47. The number of hydrogen-bond donors (Lipinski definition) is 1. The minimum absolute atomic E-state index is 0.0397. The molecule has 1 aliphatic carbocycles. The van der Waals surface area contributed by atoms with E-state index in [-0.39, 0.29) is 23.5 Å². The molecule has 2 aliphatic rings. The number of thiophene rings is 1. The van der Waals surface area contributed by atoms with E-state index < -0.39 is 16.8 Å².